The summed E-state index contributed by atoms with van der Waals surface area (Å²) in [6, 6.07) is 15.4. The van der Waals surface area contributed by atoms with Crippen LogP contribution in [0.25, 0.3) is 17.2 Å². The largest absolute Gasteiger partial charge is 0.465 e. The van der Waals surface area contributed by atoms with Crippen LogP contribution in [0.1, 0.15) is 18.1 Å². The van der Waals surface area contributed by atoms with Crippen LogP contribution in [0.5, 0.6) is 0 Å². The first-order chi connectivity index (χ1) is 13.0. The number of nitrogens with one attached hydrogen (secondary N) is 1. The Labute approximate surface area is 160 Å². The summed E-state index contributed by atoms with van der Waals surface area (Å²) in [5, 5.41) is 11.0. The van der Waals surface area contributed by atoms with Crippen molar-refractivity contribution in [3.8, 4) is 11.1 Å². The second kappa shape index (κ2) is 8.09. The monoisotopic (exact) mass is 382 g/mol. The van der Waals surface area contributed by atoms with E-state index in [0.29, 0.717) is 18.0 Å². The molecule has 1 fully saturated rings. The predicted octanol–water partition coefficient (Wildman–Crippen LogP) is 4.18. The maximum Gasteiger partial charge on any atom is 0.407 e. The lowest BCUT2D eigenvalue weighted by Crippen LogP contribution is -2.28. The number of hydrogen-bond donors (Lipinski definition) is 2. The van der Waals surface area contributed by atoms with Crippen molar-refractivity contribution in [2.24, 2.45) is 0 Å². The predicted molar refractivity (Wildman–Crippen MR) is 105 cm³/mol. The van der Waals surface area contributed by atoms with Crippen LogP contribution in [-0.2, 0) is 11.3 Å². The topological polar surface area (TPSA) is 86.7 Å². The van der Waals surface area contributed by atoms with E-state index in [1.165, 1.54) is 4.90 Å². The highest BCUT2D eigenvalue weighted by Gasteiger charge is 2.24. The molecule has 0 atom stereocenters. The quantitative estimate of drug-likeness (QED) is 0.758. The maximum atomic E-state index is 11.6. The van der Waals surface area contributed by atoms with Gasteiger partial charge in [0.05, 0.1) is 4.91 Å². The molecule has 7 heteroatoms. The van der Waals surface area contributed by atoms with Gasteiger partial charge >= 0.3 is 6.09 Å². The number of carboxylic acid groups (broad SMARTS) is 1. The number of benzene rings is 2. The van der Waals surface area contributed by atoms with Gasteiger partial charge in [-0.05, 0) is 53.1 Å². The van der Waals surface area contributed by atoms with E-state index in [0.717, 1.165) is 34.0 Å². The zero-order chi connectivity index (χ0) is 19.4. The summed E-state index contributed by atoms with van der Waals surface area (Å²) in [6.07, 6.45) is 0.740. The highest BCUT2D eigenvalue weighted by Crippen LogP contribution is 2.27. The molecule has 0 bridgehead atoms. The van der Waals surface area contributed by atoms with Gasteiger partial charge in [-0.2, -0.15) is 0 Å². The number of hydrogen-bond acceptors (Lipinski definition) is 4. The molecule has 1 aliphatic heterocycles. The second-order valence-corrected chi connectivity index (χ2v) is 6.99. The van der Waals surface area contributed by atoms with E-state index in [1.54, 1.807) is 6.08 Å². The van der Waals surface area contributed by atoms with E-state index in [4.69, 9.17) is 0 Å². The third-order valence-corrected chi connectivity index (χ3v) is 4.95. The molecule has 0 unspecified atom stereocenters. The summed E-state index contributed by atoms with van der Waals surface area (Å²) < 4.78 is 0. The highest BCUT2D eigenvalue weighted by atomic mass is 32.2. The fourth-order valence-corrected chi connectivity index (χ4v) is 3.41. The molecule has 0 radical (unpaired) electrons. The van der Waals surface area contributed by atoms with Gasteiger partial charge in [0.25, 0.3) is 11.1 Å². The first-order valence-corrected chi connectivity index (χ1v) is 9.20. The summed E-state index contributed by atoms with van der Waals surface area (Å²) in [6.45, 7) is 2.57. The van der Waals surface area contributed by atoms with Gasteiger partial charge in [0.1, 0.15) is 0 Å². The van der Waals surface area contributed by atoms with Gasteiger partial charge in [-0.3, -0.25) is 14.9 Å². The minimum absolute atomic E-state index is 0.338. The van der Waals surface area contributed by atoms with Crippen molar-refractivity contribution in [3.05, 3.63) is 64.6 Å². The molecule has 3 amide bonds. The van der Waals surface area contributed by atoms with Crippen LogP contribution in [0, 0.1) is 0 Å². The number of rotatable bonds is 5. The number of carbonyl (C=O) groups is 3. The minimum atomic E-state index is -0.937. The molecule has 2 N–H and O–H groups in total. The maximum absolute atomic E-state index is 11.6. The van der Waals surface area contributed by atoms with Crippen molar-refractivity contribution in [2.45, 2.75) is 13.5 Å². The molecular formula is C20H18N2O4S. The Kier molecular flexibility index (Phi) is 5.61. The SMILES string of the molecule is CCN(Cc1cccc(-c2ccc(/C=C3/SC(=O)NC3=O)cc2)c1)C(=O)O. The summed E-state index contributed by atoms with van der Waals surface area (Å²) in [5.74, 6) is -0.374. The Morgan fingerprint density at radius 3 is 2.48 bits per heavy atom. The van der Waals surface area contributed by atoms with Crippen LogP contribution < -0.4 is 5.32 Å². The molecular weight excluding hydrogens is 364 g/mol. The van der Waals surface area contributed by atoms with E-state index in [1.807, 2.05) is 55.5 Å². The molecule has 0 aliphatic carbocycles. The number of nitrogens with zero attached hydrogens (tertiary/aromatic N) is 1. The van der Waals surface area contributed by atoms with E-state index in [-0.39, 0.29) is 11.1 Å². The fraction of sp³-hybridized carbons (Fsp3) is 0.150. The van der Waals surface area contributed by atoms with Crippen LogP contribution in [0.15, 0.2) is 53.4 Å². The van der Waals surface area contributed by atoms with Gasteiger partial charge in [-0.15, -0.1) is 0 Å². The molecule has 0 saturated carbocycles. The van der Waals surface area contributed by atoms with Crippen molar-refractivity contribution < 1.29 is 19.5 Å². The molecule has 2 aromatic carbocycles. The number of carbonyl (C=O) groups excluding carboxylic acids is 2. The standard InChI is InChI=1S/C20H18N2O4S/c1-2-22(20(25)26)12-14-4-3-5-16(10-14)15-8-6-13(7-9-15)11-17-18(23)21-19(24)27-17/h3-11H,2,12H2,1H3,(H,25,26)(H,21,23,24)/b17-11+. The summed E-state index contributed by atoms with van der Waals surface area (Å²) in [7, 11) is 0. The Morgan fingerprint density at radius 2 is 1.89 bits per heavy atom. The Hall–Kier alpha value is -3.06. The zero-order valence-corrected chi connectivity index (χ0v) is 15.5. The molecule has 1 heterocycles. The van der Waals surface area contributed by atoms with Gasteiger partial charge in [0, 0.05) is 13.1 Å². The van der Waals surface area contributed by atoms with Crippen molar-refractivity contribution in [1.29, 1.82) is 0 Å². The van der Waals surface area contributed by atoms with E-state index in [2.05, 4.69) is 5.32 Å². The minimum Gasteiger partial charge on any atom is -0.465 e. The highest BCUT2D eigenvalue weighted by molar-refractivity contribution is 8.18. The Balaban J connectivity index is 1.78. The normalized spacial score (nSPS) is 15.1. The van der Waals surface area contributed by atoms with Crippen molar-refractivity contribution in [3.63, 3.8) is 0 Å². The fourth-order valence-electron chi connectivity index (χ4n) is 2.73. The Bertz CT molecular complexity index is 922. The van der Waals surface area contributed by atoms with Crippen LogP contribution >= 0.6 is 11.8 Å². The van der Waals surface area contributed by atoms with E-state index >= 15 is 0 Å². The lowest BCUT2D eigenvalue weighted by atomic mass is 10.0. The summed E-state index contributed by atoms with van der Waals surface area (Å²) >= 11 is 0.890. The second-order valence-electron chi connectivity index (χ2n) is 5.97. The molecule has 138 valence electrons. The summed E-state index contributed by atoms with van der Waals surface area (Å²) in [5.41, 5.74) is 3.71. The molecule has 1 saturated heterocycles. The number of imide groups is 1. The third kappa shape index (κ3) is 4.57. The Morgan fingerprint density at radius 1 is 1.15 bits per heavy atom. The van der Waals surface area contributed by atoms with Crippen molar-refractivity contribution >= 4 is 35.1 Å². The molecule has 27 heavy (non-hydrogen) atoms. The lowest BCUT2D eigenvalue weighted by Gasteiger charge is -2.17. The van der Waals surface area contributed by atoms with Crippen molar-refractivity contribution in [1.82, 2.24) is 10.2 Å². The van der Waals surface area contributed by atoms with Crippen LogP contribution in [0.4, 0.5) is 9.59 Å². The van der Waals surface area contributed by atoms with Gasteiger partial charge in [-0.1, -0.05) is 42.5 Å². The molecule has 2 aromatic rings. The molecule has 0 aromatic heterocycles. The molecule has 0 spiro atoms. The smallest absolute Gasteiger partial charge is 0.407 e. The first-order valence-electron chi connectivity index (χ1n) is 8.38. The van der Waals surface area contributed by atoms with Crippen molar-refractivity contribution in [2.75, 3.05) is 6.54 Å². The first kappa shape index (κ1) is 18.7. The van der Waals surface area contributed by atoms with E-state index < -0.39 is 6.09 Å². The zero-order valence-electron chi connectivity index (χ0n) is 14.6. The van der Waals surface area contributed by atoms with Gasteiger partial charge < -0.3 is 10.0 Å². The van der Waals surface area contributed by atoms with Crippen LogP contribution in [-0.4, -0.2) is 33.8 Å². The van der Waals surface area contributed by atoms with E-state index in [9.17, 15) is 19.5 Å². The number of thioether (sulfide) groups is 1. The number of amides is 3. The van der Waals surface area contributed by atoms with Crippen LogP contribution in [0.2, 0.25) is 0 Å². The van der Waals surface area contributed by atoms with Gasteiger partial charge in [0.15, 0.2) is 0 Å². The van der Waals surface area contributed by atoms with Crippen LogP contribution in [0.3, 0.4) is 0 Å². The molecule has 6 nitrogen and oxygen atoms in total. The molecule has 1 aliphatic rings. The average Bonchev–Trinajstić information content (AvgIpc) is 2.97. The summed E-state index contributed by atoms with van der Waals surface area (Å²) in [4.78, 5) is 35.7. The van der Waals surface area contributed by atoms with Gasteiger partial charge in [0.2, 0.25) is 0 Å². The lowest BCUT2D eigenvalue weighted by molar-refractivity contribution is -0.115. The molecule has 3 rings (SSSR count). The average molecular weight is 382 g/mol. The third-order valence-electron chi connectivity index (χ3n) is 4.14. The van der Waals surface area contributed by atoms with Gasteiger partial charge in [-0.25, -0.2) is 4.79 Å².